The number of hydrogen-bond acceptors (Lipinski definition) is 4. The number of nitrogens with zero attached hydrogens (tertiary/aromatic N) is 1. The molecule has 0 atom stereocenters. The number of aryl methyl sites for hydroxylation is 1. The molecule has 0 spiro atoms. The number of carbonyl (C=O) groups is 1. The first-order chi connectivity index (χ1) is 9.60. The molecule has 2 rings (SSSR count). The third kappa shape index (κ3) is 3.57. The second-order valence-electron chi connectivity index (χ2n) is 4.34. The summed E-state index contributed by atoms with van der Waals surface area (Å²) in [5, 5.41) is 3.30. The molecule has 1 aromatic carbocycles. The Morgan fingerprint density at radius 2 is 2.15 bits per heavy atom. The summed E-state index contributed by atoms with van der Waals surface area (Å²) in [6.45, 7) is 2.58. The molecule has 5 heteroatoms. The van der Waals surface area contributed by atoms with Crippen molar-refractivity contribution in [2.45, 2.75) is 13.5 Å². The van der Waals surface area contributed by atoms with E-state index in [9.17, 15) is 4.79 Å². The van der Waals surface area contributed by atoms with Crippen molar-refractivity contribution >= 4 is 27.6 Å². The Morgan fingerprint density at radius 3 is 2.75 bits per heavy atom. The van der Waals surface area contributed by atoms with Crippen LogP contribution in [-0.4, -0.2) is 18.1 Å². The van der Waals surface area contributed by atoms with Crippen LogP contribution in [0.15, 0.2) is 41.0 Å². The van der Waals surface area contributed by atoms with E-state index in [2.05, 4.69) is 26.2 Å². The van der Waals surface area contributed by atoms with Crippen molar-refractivity contribution in [1.29, 1.82) is 0 Å². The second kappa shape index (κ2) is 6.52. The maximum absolute atomic E-state index is 11.4. The van der Waals surface area contributed by atoms with Crippen LogP contribution in [0.2, 0.25) is 0 Å². The van der Waals surface area contributed by atoms with Crippen molar-refractivity contribution in [1.82, 2.24) is 4.98 Å². The molecule has 0 aliphatic rings. The van der Waals surface area contributed by atoms with Gasteiger partial charge in [0.2, 0.25) is 0 Å². The number of halogens is 1. The monoisotopic (exact) mass is 334 g/mol. The number of esters is 1. The Morgan fingerprint density at radius 1 is 1.35 bits per heavy atom. The summed E-state index contributed by atoms with van der Waals surface area (Å²) in [6.07, 6.45) is 1.77. The summed E-state index contributed by atoms with van der Waals surface area (Å²) in [5.74, 6) is -0.325. The lowest BCUT2D eigenvalue weighted by Crippen LogP contribution is -2.05. The molecule has 0 radical (unpaired) electrons. The van der Waals surface area contributed by atoms with Crippen molar-refractivity contribution in [2.24, 2.45) is 0 Å². The van der Waals surface area contributed by atoms with Crippen LogP contribution >= 0.6 is 15.9 Å². The zero-order chi connectivity index (χ0) is 14.5. The summed E-state index contributed by atoms with van der Waals surface area (Å²) >= 11 is 3.35. The number of benzene rings is 1. The van der Waals surface area contributed by atoms with E-state index in [1.165, 1.54) is 7.11 Å². The average Bonchev–Trinajstić information content (AvgIpc) is 2.46. The smallest absolute Gasteiger partial charge is 0.337 e. The van der Waals surface area contributed by atoms with Gasteiger partial charge in [0.25, 0.3) is 0 Å². The van der Waals surface area contributed by atoms with Crippen LogP contribution in [0.4, 0.5) is 5.69 Å². The molecule has 104 valence electrons. The van der Waals surface area contributed by atoms with E-state index < -0.39 is 0 Å². The highest BCUT2D eigenvalue weighted by atomic mass is 79.9. The lowest BCUT2D eigenvalue weighted by atomic mass is 10.1. The van der Waals surface area contributed by atoms with Gasteiger partial charge in [-0.3, -0.25) is 4.98 Å². The molecular formula is C15H15BrN2O2. The fourth-order valence-corrected chi connectivity index (χ4v) is 2.04. The molecular weight excluding hydrogens is 320 g/mol. The molecule has 0 unspecified atom stereocenters. The van der Waals surface area contributed by atoms with Crippen molar-refractivity contribution in [2.75, 3.05) is 12.4 Å². The van der Waals surface area contributed by atoms with Crippen LogP contribution in [0, 0.1) is 6.92 Å². The number of rotatable bonds is 4. The topological polar surface area (TPSA) is 51.2 Å². The van der Waals surface area contributed by atoms with Crippen LogP contribution in [0.1, 0.15) is 21.6 Å². The van der Waals surface area contributed by atoms with Crippen LogP contribution in [0.5, 0.6) is 0 Å². The number of methoxy groups -OCH3 is 1. The third-order valence-electron chi connectivity index (χ3n) is 2.90. The largest absolute Gasteiger partial charge is 0.465 e. The second-order valence-corrected chi connectivity index (χ2v) is 5.26. The number of pyridine rings is 1. The van der Waals surface area contributed by atoms with E-state index in [0.29, 0.717) is 12.1 Å². The number of carbonyl (C=O) groups excluding carboxylic acids is 1. The minimum atomic E-state index is -0.325. The number of anilines is 1. The van der Waals surface area contributed by atoms with Gasteiger partial charge in [0.05, 0.1) is 24.9 Å². The van der Waals surface area contributed by atoms with Gasteiger partial charge in [-0.25, -0.2) is 4.79 Å². The molecule has 0 saturated heterocycles. The molecule has 0 aliphatic heterocycles. The molecule has 0 aliphatic carbocycles. The van der Waals surface area contributed by atoms with Gasteiger partial charge < -0.3 is 10.1 Å². The molecule has 1 N–H and O–H groups in total. The van der Waals surface area contributed by atoms with Gasteiger partial charge >= 0.3 is 5.97 Å². The van der Waals surface area contributed by atoms with E-state index in [1.54, 1.807) is 12.3 Å². The van der Waals surface area contributed by atoms with Gasteiger partial charge in [-0.2, -0.15) is 0 Å². The van der Waals surface area contributed by atoms with E-state index in [0.717, 1.165) is 21.4 Å². The van der Waals surface area contributed by atoms with Crippen molar-refractivity contribution in [3.05, 3.63) is 57.8 Å². The summed E-state index contributed by atoms with van der Waals surface area (Å²) in [7, 11) is 1.38. The third-order valence-corrected chi connectivity index (χ3v) is 3.37. The van der Waals surface area contributed by atoms with Crippen LogP contribution in [-0.2, 0) is 11.3 Å². The maximum Gasteiger partial charge on any atom is 0.337 e. The number of aromatic nitrogens is 1. The quantitative estimate of drug-likeness (QED) is 0.868. The Balaban J connectivity index is 2.06. The van der Waals surface area contributed by atoms with Crippen molar-refractivity contribution < 1.29 is 9.53 Å². The first kappa shape index (κ1) is 14.5. The maximum atomic E-state index is 11.4. The predicted octanol–water partition coefficient (Wildman–Crippen LogP) is 3.55. The zero-order valence-electron chi connectivity index (χ0n) is 11.3. The van der Waals surface area contributed by atoms with Gasteiger partial charge in [0, 0.05) is 16.4 Å². The highest BCUT2D eigenvalue weighted by Crippen LogP contribution is 2.18. The highest BCUT2D eigenvalue weighted by Gasteiger charge is 2.07. The van der Waals surface area contributed by atoms with Crippen LogP contribution in [0.25, 0.3) is 0 Å². The van der Waals surface area contributed by atoms with Crippen molar-refractivity contribution in [3.63, 3.8) is 0 Å². The minimum Gasteiger partial charge on any atom is -0.465 e. The van der Waals surface area contributed by atoms with E-state index >= 15 is 0 Å². The van der Waals surface area contributed by atoms with Crippen LogP contribution < -0.4 is 5.32 Å². The van der Waals surface area contributed by atoms with E-state index in [1.807, 2.05) is 31.2 Å². The Labute approximate surface area is 126 Å². The number of ether oxygens (including phenoxy) is 1. The Hall–Kier alpha value is -1.88. The number of hydrogen-bond donors (Lipinski definition) is 1. The standard InChI is InChI=1S/C15H15BrN2O2/c1-10-7-11(15(19)20-2)3-6-14(10)18-9-13-5-4-12(16)8-17-13/h3-8,18H,9H2,1-2H3. The van der Waals surface area contributed by atoms with E-state index in [4.69, 9.17) is 4.74 Å². The molecule has 0 amide bonds. The predicted molar refractivity (Wildman–Crippen MR) is 81.8 cm³/mol. The summed E-state index contributed by atoms with van der Waals surface area (Å²) in [5.41, 5.74) is 3.47. The fourth-order valence-electron chi connectivity index (χ4n) is 1.80. The molecule has 4 nitrogen and oxygen atoms in total. The van der Waals surface area contributed by atoms with Gasteiger partial charge in [-0.1, -0.05) is 0 Å². The lowest BCUT2D eigenvalue weighted by Gasteiger charge is -2.10. The van der Waals surface area contributed by atoms with Crippen LogP contribution in [0.3, 0.4) is 0 Å². The first-order valence-corrected chi connectivity index (χ1v) is 6.92. The van der Waals surface area contributed by atoms with Gasteiger partial charge in [-0.05, 0) is 58.7 Å². The van der Waals surface area contributed by atoms with E-state index in [-0.39, 0.29) is 5.97 Å². The highest BCUT2D eigenvalue weighted by molar-refractivity contribution is 9.10. The normalized spacial score (nSPS) is 10.2. The molecule has 2 aromatic rings. The summed E-state index contributed by atoms with van der Waals surface area (Å²) in [6, 6.07) is 9.34. The molecule has 0 saturated carbocycles. The molecule has 1 heterocycles. The van der Waals surface area contributed by atoms with Gasteiger partial charge in [-0.15, -0.1) is 0 Å². The lowest BCUT2D eigenvalue weighted by molar-refractivity contribution is 0.0600. The first-order valence-electron chi connectivity index (χ1n) is 6.13. The van der Waals surface area contributed by atoms with Gasteiger partial charge in [0.1, 0.15) is 0 Å². The molecule has 0 bridgehead atoms. The molecule has 1 aromatic heterocycles. The average molecular weight is 335 g/mol. The Bertz CT molecular complexity index is 612. The molecule has 20 heavy (non-hydrogen) atoms. The molecule has 0 fully saturated rings. The summed E-state index contributed by atoms with van der Waals surface area (Å²) in [4.78, 5) is 15.7. The minimum absolute atomic E-state index is 0.325. The Kier molecular flexibility index (Phi) is 4.74. The number of nitrogens with one attached hydrogen (secondary N) is 1. The SMILES string of the molecule is COC(=O)c1ccc(NCc2ccc(Br)cn2)c(C)c1. The summed E-state index contributed by atoms with van der Waals surface area (Å²) < 4.78 is 5.66. The zero-order valence-corrected chi connectivity index (χ0v) is 12.9. The van der Waals surface area contributed by atoms with Gasteiger partial charge in [0.15, 0.2) is 0 Å². The fraction of sp³-hybridized carbons (Fsp3) is 0.200. The van der Waals surface area contributed by atoms with Crippen molar-refractivity contribution in [3.8, 4) is 0 Å².